The summed E-state index contributed by atoms with van der Waals surface area (Å²) in [5.41, 5.74) is 0. The van der Waals surface area contributed by atoms with Gasteiger partial charge in [-0.1, -0.05) is 293 Å². The number of amides is 1. The van der Waals surface area contributed by atoms with Crippen molar-refractivity contribution in [3.63, 3.8) is 0 Å². The number of allylic oxidation sites excluding steroid dienone is 9. The highest BCUT2D eigenvalue weighted by molar-refractivity contribution is 5.76. The van der Waals surface area contributed by atoms with Gasteiger partial charge in [0.25, 0.3) is 0 Å². The van der Waals surface area contributed by atoms with Crippen LogP contribution in [0.2, 0.25) is 0 Å². The normalized spacial score (nSPS) is 13.0. The zero-order valence-corrected chi connectivity index (χ0v) is 50.0. The first-order chi connectivity index (χ1) is 37.0. The van der Waals surface area contributed by atoms with E-state index in [-0.39, 0.29) is 18.5 Å². The van der Waals surface area contributed by atoms with Crippen molar-refractivity contribution in [3.05, 3.63) is 60.8 Å². The summed E-state index contributed by atoms with van der Waals surface area (Å²) in [6.07, 6.45) is 84.1. The Kier molecular flexibility index (Phi) is 62.0. The number of esters is 1. The van der Waals surface area contributed by atoms with E-state index in [1.807, 2.05) is 6.08 Å². The standard InChI is InChI=1S/C69H127NO5/c1-3-5-7-9-11-13-15-17-19-21-23-24-26-29-33-37-41-45-49-53-57-61-67(72)66(65-71)70-68(73)62-58-54-50-46-42-38-34-30-27-25-28-32-36-40-44-48-52-56-60-64-75-69(74)63-59-55-51-47-43-39-35-31-22-20-18-16-14-12-10-8-6-4-2/h14,16,20,22,32,36,40,44,57,61,66-67,71-72H,3-13,15,17-19,21,23-31,33-35,37-39,41-43,45-56,58-60,62-65H2,1-2H3,(H,70,73)/b16-14-,22-20-,36-32-,44-40-,61-57+. The monoisotopic (exact) mass is 1050 g/mol. The number of nitrogens with one attached hydrogen (secondary N) is 1. The minimum absolute atomic E-state index is 0.0216. The van der Waals surface area contributed by atoms with Crippen molar-refractivity contribution in [2.45, 2.75) is 353 Å². The average Bonchev–Trinajstić information content (AvgIpc) is 3.41. The van der Waals surface area contributed by atoms with Gasteiger partial charge in [0.2, 0.25) is 5.91 Å². The molecular weight excluding hydrogens is 923 g/mol. The largest absolute Gasteiger partial charge is 0.466 e. The van der Waals surface area contributed by atoms with Crippen LogP contribution in [0.15, 0.2) is 60.8 Å². The molecule has 0 spiro atoms. The highest BCUT2D eigenvalue weighted by Gasteiger charge is 2.18. The van der Waals surface area contributed by atoms with Gasteiger partial charge in [-0.15, -0.1) is 0 Å². The molecule has 0 fully saturated rings. The van der Waals surface area contributed by atoms with Crippen LogP contribution in [0.1, 0.15) is 341 Å². The molecule has 0 aromatic rings. The van der Waals surface area contributed by atoms with E-state index in [9.17, 15) is 19.8 Å². The number of carbonyl (C=O) groups excluding carboxylic acids is 2. The topological polar surface area (TPSA) is 95.9 Å². The smallest absolute Gasteiger partial charge is 0.305 e. The number of ether oxygens (including phenoxy) is 1. The van der Waals surface area contributed by atoms with Crippen LogP contribution in [0, 0.1) is 0 Å². The fourth-order valence-corrected chi connectivity index (χ4v) is 9.95. The molecule has 3 N–H and O–H groups in total. The SMILES string of the molecule is CCCCCC/C=C\C/C=C\CCCCCCCCCC(=O)OCCCCC/C=C\C=C/CCCCCCCCCCCCC(=O)NC(CO)C(O)/C=C/CCCCCCCCCCCCCCCCCCCCC. The van der Waals surface area contributed by atoms with Gasteiger partial charge in [0.05, 0.1) is 25.4 Å². The molecule has 0 aromatic heterocycles. The van der Waals surface area contributed by atoms with Crippen molar-refractivity contribution in [1.29, 1.82) is 0 Å². The Morgan fingerprint density at radius 1 is 0.387 bits per heavy atom. The number of aliphatic hydroxyl groups is 2. The van der Waals surface area contributed by atoms with Gasteiger partial charge in [0, 0.05) is 12.8 Å². The molecule has 2 unspecified atom stereocenters. The maximum Gasteiger partial charge on any atom is 0.305 e. The lowest BCUT2D eigenvalue weighted by atomic mass is 10.0. The number of rotatable bonds is 61. The summed E-state index contributed by atoms with van der Waals surface area (Å²) in [6.45, 7) is 4.86. The minimum atomic E-state index is -0.854. The van der Waals surface area contributed by atoms with Crippen molar-refractivity contribution in [1.82, 2.24) is 5.32 Å². The van der Waals surface area contributed by atoms with Crippen LogP contribution in [-0.2, 0) is 14.3 Å². The van der Waals surface area contributed by atoms with Crippen molar-refractivity contribution in [3.8, 4) is 0 Å². The van der Waals surface area contributed by atoms with Crippen molar-refractivity contribution < 1.29 is 24.5 Å². The summed E-state index contributed by atoms with van der Waals surface area (Å²) in [5, 5.41) is 23.2. The second-order valence-corrected chi connectivity index (χ2v) is 22.5. The molecule has 2 atom stereocenters. The zero-order chi connectivity index (χ0) is 54.3. The summed E-state index contributed by atoms with van der Waals surface area (Å²) >= 11 is 0. The Hall–Kier alpha value is -2.44. The predicted octanol–water partition coefficient (Wildman–Crippen LogP) is 21.1. The second-order valence-electron chi connectivity index (χ2n) is 22.5. The lowest BCUT2D eigenvalue weighted by Gasteiger charge is -2.20. The maximum absolute atomic E-state index is 12.5. The molecule has 0 aromatic carbocycles. The Bertz CT molecular complexity index is 1300. The van der Waals surface area contributed by atoms with Gasteiger partial charge < -0.3 is 20.3 Å². The number of aliphatic hydroxyl groups excluding tert-OH is 2. The molecule has 0 aliphatic heterocycles. The molecule has 0 rings (SSSR count). The Morgan fingerprint density at radius 3 is 1.11 bits per heavy atom. The highest BCUT2D eigenvalue weighted by atomic mass is 16.5. The van der Waals surface area contributed by atoms with Crippen LogP contribution in [0.25, 0.3) is 0 Å². The Labute approximate surface area is 467 Å². The van der Waals surface area contributed by atoms with Gasteiger partial charge in [-0.3, -0.25) is 9.59 Å². The van der Waals surface area contributed by atoms with Crippen LogP contribution in [-0.4, -0.2) is 47.4 Å². The third-order valence-corrected chi connectivity index (χ3v) is 15.0. The van der Waals surface area contributed by atoms with Gasteiger partial charge in [0.1, 0.15) is 0 Å². The molecule has 0 bridgehead atoms. The van der Waals surface area contributed by atoms with Crippen molar-refractivity contribution in [2.75, 3.05) is 13.2 Å². The zero-order valence-electron chi connectivity index (χ0n) is 50.0. The molecule has 0 saturated carbocycles. The van der Waals surface area contributed by atoms with E-state index in [1.54, 1.807) is 6.08 Å². The Balaban J connectivity index is 3.51. The minimum Gasteiger partial charge on any atom is -0.466 e. The van der Waals surface area contributed by atoms with E-state index < -0.39 is 12.1 Å². The van der Waals surface area contributed by atoms with E-state index in [0.717, 1.165) is 83.5 Å². The summed E-state index contributed by atoms with van der Waals surface area (Å²) in [5.74, 6) is -0.0978. The molecule has 1 amide bonds. The van der Waals surface area contributed by atoms with Crippen molar-refractivity contribution in [2.24, 2.45) is 0 Å². The first kappa shape index (κ1) is 72.6. The number of hydrogen-bond donors (Lipinski definition) is 3. The average molecular weight is 1050 g/mol. The van der Waals surface area contributed by atoms with Crippen molar-refractivity contribution >= 4 is 11.9 Å². The Morgan fingerprint density at radius 2 is 0.707 bits per heavy atom. The third kappa shape index (κ3) is 60.6. The molecule has 6 heteroatoms. The fourth-order valence-electron chi connectivity index (χ4n) is 9.95. The quantitative estimate of drug-likeness (QED) is 0.0244. The summed E-state index contributed by atoms with van der Waals surface area (Å²) in [7, 11) is 0. The molecule has 0 aliphatic rings. The molecule has 438 valence electrons. The lowest BCUT2D eigenvalue weighted by Crippen LogP contribution is -2.45. The van der Waals surface area contributed by atoms with Gasteiger partial charge in [-0.05, 0) is 96.3 Å². The van der Waals surface area contributed by atoms with Crippen LogP contribution in [0.3, 0.4) is 0 Å². The van der Waals surface area contributed by atoms with E-state index in [0.29, 0.717) is 19.4 Å². The van der Waals surface area contributed by atoms with Crippen LogP contribution in [0.5, 0.6) is 0 Å². The highest BCUT2D eigenvalue weighted by Crippen LogP contribution is 2.17. The molecule has 6 nitrogen and oxygen atoms in total. The fraction of sp³-hybridized carbons (Fsp3) is 0.826. The number of hydrogen-bond acceptors (Lipinski definition) is 5. The van der Waals surface area contributed by atoms with E-state index in [4.69, 9.17) is 4.74 Å². The van der Waals surface area contributed by atoms with Gasteiger partial charge >= 0.3 is 5.97 Å². The van der Waals surface area contributed by atoms with E-state index >= 15 is 0 Å². The van der Waals surface area contributed by atoms with E-state index in [2.05, 4.69) is 67.8 Å². The first-order valence-corrected chi connectivity index (χ1v) is 33.1. The molecule has 0 aliphatic carbocycles. The van der Waals surface area contributed by atoms with E-state index in [1.165, 1.54) is 231 Å². The molecule has 75 heavy (non-hydrogen) atoms. The summed E-state index contributed by atoms with van der Waals surface area (Å²) in [4.78, 5) is 24.6. The predicted molar refractivity (Wildman–Crippen MR) is 328 cm³/mol. The second kappa shape index (κ2) is 64.1. The number of carbonyl (C=O) groups is 2. The molecular formula is C69H127NO5. The van der Waals surface area contributed by atoms with Crippen LogP contribution in [0.4, 0.5) is 0 Å². The van der Waals surface area contributed by atoms with Gasteiger partial charge in [-0.25, -0.2) is 0 Å². The van der Waals surface area contributed by atoms with Crippen LogP contribution < -0.4 is 5.32 Å². The van der Waals surface area contributed by atoms with Crippen LogP contribution >= 0.6 is 0 Å². The third-order valence-electron chi connectivity index (χ3n) is 15.0. The first-order valence-electron chi connectivity index (χ1n) is 33.1. The van der Waals surface area contributed by atoms with Gasteiger partial charge in [-0.2, -0.15) is 0 Å². The summed E-state index contributed by atoms with van der Waals surface area (Å²) < 4.78 is 5.47. The molecule has 0 heterocycles. The maximum atomic E-state index is 12.5. The lowest BCUT2D eigenvalue weighted by molar-refractivity contribution is -0.143. The number of unbranched alkanes of at least 4 members (excludes halogenated alkanes) is 43. The molecule has 0 saturated heterocycles. The summed E-state index contributed by atoms with van der Waals surface area (Å²) in [6, 6.07) is -0.638. The van der Waals surface area contributed by atoms with Gasteiger partial charge in [0.15, 0.2) is 0 Å². The molecule has 0 radical (unpaired) electrons.